The first-order valence-corrected chi connectivity index (χ1v) is 11.3. The number of aliphatic carboxylic acids is 1. The molecule has 0 aliphatic carbocycles. The number of amides is 2. The van der Waals surface area contributed by atoms with Crippen LogP contribution in [0.5, 0.6) is 0 Å². The molecule has 2 aromatic carbocycles. The van der Waals surface area contributed by atoms with Crippen molar-refractivity contribution in [2.75, 3.05) is 5.75 Å². The van der Waals surface area contributed by atoms with Gasteiger partial charge in [-0.15, -0.1) is 11.8 Å². The Labute approximate surface area is 181 Å². The molecule has 2 amide bonds. The molecule has 0 bridgehead atoms. The van der Waals surface area contributed by atoms with Crippen molar-refractivity contribution in [1.82, 2.24) is 9.80 Å². The predicted octanol–water partition coefficient (Wildman–Crippen LogP) is 4.75. The molecular weight excluding hydrogens is 396 g/mol. The molecule has 0 aromatic heterocycles. The van der Waals surface area contributed by atoms with Crippen LogP contribution < -0.4 is 0 Å². The molecule has 2 aromatic rings. The van der Waals surface area contributed by atoms with Crippen molar-refractivity contribution in [2.24, 2.45) is 0 Å². The van der Waals surface area contributed by atoms with E-state index in [4.69, 9.17) is 0 Å². The number of carboxylic acid groups (broad SMARTS) is 1. The third kappa shape index (κ3) is 3.97. The van der Waals surface area contributed by atoms with E-state index in [-0.39, 0.29) is 18.1 Å². The third-order valence-electron chi connectivity index (χ3n) is 5.72. The maximum Gasteiger partial charge on any atom is 0.332 e. The van der Waals surface area contributed by atoms with Gasteiger partial charge in [0.2, 0.25) is 0 Å². The minimum absolute atomic E-state index is 0.0169. The van der Waals surface area contributed by atoms with Gasteiger partial charge in [0.1, 0.15) is 0 Å². The van der Waals surface area contributed by atoms with E-state index in [0.29, 0.717) is 25.1 Å². The van der Waals surface area contributed by atoms with Gasteiger partial charge < -0.3 is 14.9 Å². The molecule has 30 heavy (non-hydrogen) atoms. The predicted molar refractivity (Wildman–Crippen MR) is 119 cm³/mol. The minimum atomic E-state index is -0.867. The molecule has 2 fully saturated rings. The van der Waals surface area contributed by atoms with Crippen LogP contribution >= 0.6 is 11.8 Å². The second kappa shape index (κ2) is 8.96. The van der Waals surface area contributed by atoms with Crippen LogP contribution in [0.3, 0.4) is 0 Å². The Bertz CT molecular complexity index is 945. The fourth-order valence-electron chi connectivity index (χ4n) is 4.32. The van der Waals surface area contributed by atoms with Crippen LogP contribution in [0, 0.1) is 0 Å². The van der Waals surface area contributed by atoms with E-state index in [1.807, 2.05) is 77.4 Å². The smallest absolute Gasteiger partial charge is 0.332 e. The topological polar surface area (TPSA) is 60.9 Å². The van der Waals surface area contributed by atoms with E-state index < -0.39 is 5.97 Å². The van der Waals surface area contributed by atoms with E-state index >= 15 is 0 Å². The molecule has 1 N–H and O–H groups in total. The zero-order chi connectivity index (χ0) is 21.1. The average molecular weight is 423 g/mol. The summed E-state index contributed by atoms with van der Waals surface area (Å²) in [5, 5.41) is 9.84. The molecule has 6 heteroatoms. The van der Waals surface area contributed by atoms with Gasteiger partial charge in [-0.05, 0) is 17.5 Å². The Morgan fingerprint density at radius 3 is 2.10 bits per heavy atom. The van der Waals surface area contributed by atoms with E-state index in [9.17, 15) is 14.7 Å². The van der Waals surface area contributed by atoms with Crippen molar-refractivity contribution in [3.8, 4) is 0 Å². The highest BCUT2D eigenvalue weighted by molar-refractivity contribution is 8.03. The normalized spacial score (nSPS) is 22.4. The number of carboxylic acids is 1. The van der Waals surface area contributed by atoms with Crippen LogP contribution in [0.25, 0.3) is 0 Å². The lowest BCUT2D eigenvalue weighted by Crippen LogP contribution is -2.35. The summed E-state index contributed by atoms with van der Waals surface area (Å²) in [5.74, 6) is -0.140. The van der Waals surface area contributed by atoms with Crippen LogP contribution in [0.1, 0.15) is 30.9 Å². The van der Waals surface area contributed by atoms with Crippen molar-refractivity contribution >= 4 is 23.8 Å². The molecule has 156 valence electrons. The molecule has 2 aliphatic heterocycles. The van der Waals surface area contributed by atoms with E-state index in [1.165, 1.54) is 0 Å². The van der Waals surface area contributed by atoms with Gasteiger partial charge in [-0.1, -0.05) is 74.0 Å². The summed E-state index contributed by atoms with van der Waals surface area (Å²) >= 11 is 1.60. The van der Waals surface area contributed by atoms with Crippen molar-refractivity contribution in [2.45, 2.75) is 44.9 Å². The monoisotopic (exact) mass is 422 g/mol. The maximum atomic E-state index is 13.5. The number of carbonyl (C=O) groups is 2. The van der Waals surface area contributed by atoms with Gasteiger partial charge in [-0.2, -0.15) is 0 Å². The lowest BCUT2D eigenvalue weighted by molar-refractivity contribution is -0.132. The summed E-state index contributed by atoms with van der Waals surface area (Å²) in [6.07, 6.45) is 1.29. The number of hydrogen-bond acceptors (Lipinski definition) is 3. The van der Waals surface area contributed by atoms with E-state index in [0.717, 1.165) is 28.2 Å². The number of carbonyl (C=O) groups excluding carboxylic acids is 1. The molecule has 2 unspecified atom stereocenters. The third-order valence-corrected chi connectivity index (χ3v) is 7.02. The van der Waals surface area contributed by atoms with Gasteiger partial charge >= 0.3 is 12.0 Å². The summed E-state index contributed by atoms with van der Waals surface area (Å²) < 4.78 is 0. The van der Waals surface area contributed by atoms with Crippen molar-refractivity contribution in [1.29, 1.82) is 0 Å². The summed E-state index contributed by atoms with van der Waals surface area (Å²) in [5.41, 5.74) is 2.60. The molecule has 0 saturated carbocycles. The molecule has 5 nitrogen and oxygen atoms in total. The van der Waals surface area contributed by atoms with Gasteiger partial charge in [0.15, 0.2) is 0 Å². The van der Waals surface area contributed by atoms with Crippen LogP contribution in [0.2, 0.25) is 0 Å². The molecule has 2 heterocycles. The Balaban J connectivity index is 1.71. The highest BCUT2D eigenvalue weighted by atomic mass is 32.2. The lowest BCUT2D eigenvalue weighted by Gasteiger charge is -2.24. The molecule has 0 spiro atoms. The molecule has 2 saturated heterocycles. The largest absolute Gasteiger partial charge is 0.478 e. The Morgan fingerprint density at radius 1 is 1.00 bits per heavy atom. The van der Waals surface area contributed by atoms with Crippen LogP contribution in [-0.2, 0) is 17.9 Å². The molecule has 4 rings (SSSR count). The van der Waals surface area contributed by atoms with Gasteiger partial charge in [-0.3, -0.25) is 0 Å². The standard InChI is InChI=1S/C24H26N2O3S/c1-2-9-19(23(27)28)22-21-20(16-30-22)25(14-17-10-5-3-6-11-17)24(29)26(21)15-18-12-7-4-8-13-18/h3-8,10-13,20-21H,2,9,14-16H2,1H3,(H,27,28). The van der Waals surface area contributed by atoms with Gasteiger partial charge in [-0.25, -0.2) is 9.59 Å². The highest BCUT2D eigenvalue weighted by Crippen LogP contribution is 2.45. The molecule has 2 atom stereocenters. The second-order valence-corrected chi connectivity index (χ2v) is 8.79. The van der Waals surface area contributed by atoms with Crippen molar-refractivity contribution < 1.29 is 14.7 Å². The van der Waals surface area contributed by atoms with Crippen LogP contribution in [-0.4, -0.2) is 44.7 Å². The fraction of sp³-hybridized carbons (Fsp3) is 0.333. The molecular formula is C24H26N2O3S. The zero-order valence-corrected chi connectivity index (χ0v) is 17.8. The van der Waals surface area contributed by atoms with Crippen molar-refractivity contribution in [3.05, 3.63) is 82.3 Å². The number of fused-ring (bicyclic) bond motifs is 1. The first-order chi connectivity index (χ1) is 14.6. The number of urea groups is 1. The average Bonchev–Trinajstić information content (AvgIpc) is 3.28. The number of nitrogens with zero attached hydrogens (tertiary/aromatic N) is 2. The maximum absolute atomic E-state index is 13.5. The SMILES string of the molecule is CCCC(C(=O)O)=C1SCC2C1N(Cc1ccccc1)C(=O)N2Cc1ccccc1. The van der Waals surface area contributed by atoms with Crippen LogP contribution in [0.4, 0.5) is 4.79 Å². The summed E-state index contributed by atoms with van der Waals surface area (Å²) in [4.78, 5) is 30.1. The summed E-state index contributed by atoms with van der Waals surface area (Å²) in [7, 11) is 0. The van der Waals surface area contributed by atoms with Gasteiger partial charge in [0.25, 0.3) is 0 Å². The van der Waals surface area contributed by atoms with Gasteiger partial charge in [0, 0.05) is 29.3 Å². The zero-order valence-electron chi connectivity index (χ0n) is 17.0. The number of hydrogen-bond donors (Lipinski definition) is 1. The number of benzene rings is 2. The first kappa shape index (κ1) is 20.5. The number of rotatable bonds is 7. The minimum Gasteiger partial charge on any atom is -0.478 e. The Kier molecular flexibility index (Phi) is 6.13. The molecule has 2 aliphatic rings. The Hall–Kier alpha value is -2.73. The Morgan fingerprint density at radius 2 is 1.57 bits per heavy atom. The van der Waals surface area contributed by atoms with Crippen molar-refractivity contribution in [3.63, 3.8) is 0 Å². The number of thioether (sulfide) groups is 1. The fourth-order valence-corrected chi connectivity index (χ4v) is 5.86. The quantitative estimate of drug-likeness (QED) is 0.517. The molecule has 0 radical (unpaired) electrons. The van der Waals surface area contributed by atoms with Gasteiger partial charge in [0.05, 0.1) is 12.1 Å². The van der Waals surface area contributed by atoms with E-state index in [2.05, 4.69) is 0 Å². The second-order valence-electron chi connectivity index (χ2n) is 7.73. The highest BCUT2D eigenvalue weighted by Gasteiger charge is 2.51. The summed E-state index contributed by atoms with van der Waals surface area (Å²) in [6.45, 7) is 3.01. The van der Waals surface area contributed by atoms with E-state index in [1.54, 1.807) is 11.8 Å². The first-order valence-electron chi connectivity index (χ1n) is 10.3. The van der Waals surface area contributed by atoms with Crippen LogP contribution in [0.15, 0.2) is 71.1 Å². The summed E-state index contributed by atoms with van der Waals surface area (Å²) in [6, 6.07) is 19.7. The lowest BCUT2D eigenvalue weighted by atomic mass is 10.0.